The number of benzene rings is 3. The second-order valence-electron chi connectivity index (χ2n) is 11.1. The molecule has 0 saturated heterocycles. The maximum Gasteiger partial charge on any atom is 0.251 e. The fraction of sp³-hybridized carbons (Fsp3) is 0.316. The molecule has 1 aromatic heterocycles. The van der Waals surface area contributed by atoms with Crippen molar-refractivity contribution in [2.75, 3.05) is 43.1 Å². The summed E-state index contributed by atoms with van der Waals surface area (Å²) in [5.41, 5.74) is 7.22. The molecule has 2 heterocycles. The summed E-state index contributed by atoms with van der Waals surface area (Å²) in [7, 11) is 0. The Hall–Kier alpha value is -4.07. The minimum Gasteiger partial charge on any atom is -0.491 e. The van der Waals surface area contributed by atoms with Gasteiger partial charge >= 0.3 is 0 Å². The van der Waals surface area contributed by atoms with Crippen molar-refractivity contribution in [1.29, 1.82) is 0 Å². The van der Waals surface area contributed by atoms with Gasteiger partial charge in [0, 0.05) is 59.7 Å². The summed E-state index contributed by atoms with van der Waals surface area (Å²) in [6.45, 7) is 8.02. The summed E-state index contributed by atoms with van der Waals surface area (Å²) in [6.07, 6.45) is 9.68. The van der Waals surface area contributed by atoms with E-state index in [0.29, 0.717) is 19.6 Å². The summed E-state index contributed by atoms with van der Waals surface area (Å²) >= 11 is 1.75. The molecule has 234 valence electrons. The number of unbranched alkanes of at least 4 members (excludes halogenated alkanes) is 1. The quantitative estimate of drug-likeness (QED) is 0.106. The number of amides is 1. The molecule has 0 unspecified atom stereocenters. The lowest BCUT2D eigenvalue weighted by Crippen LogP contribution is -2.26. The van der Waals surface area contributed by atoms with E-state index in [4.69, 9.17) is 9.47 Å². The zero-order valence-corrected chi connectivity index (χ0v) is 27.2. The Morgan fingerprint density at radius 3 is 2.51 bits per heavy atom. The lowest BCUT2D eigenvalue weighted by atomic mass is 10.00. The summed E-state index contributed by atoms with van der Waals surface area (Å²) in [5, 5.41) is 3.13. The van der Waals surface area contributed by atoms with Gasteiger partial charge in [0.15, 0.2) is 0 Å². The zero-order chi connectivity index (χ0) is 31.3. The van der Waals surface area contributed by atoms with Gasteiger partial charge in [-0.1, -0.05) is 44.5 Å². The SMILES string of the molecule is CCCCOCCOc1ccc(-c2ccc3c(c2)C=C(C(=O)Nc2ccc(SCc4cccnc4)cc2)CCN3CCC)cc1. The van der Waals surface area contributed by atoms with Gasteiger partial charge < -0.3 is 19.7 Å². The number of nitrogens with one attached hydrogen (secondary N) is 1. The van der Waals surface area contributed by atoms with Gasteiger partial charge in [-0.15, -0.1) is 11.8 Å². The Bertz CT molecular complexity index is 1540. The van der Waals surface area contributed by atoms with E-state index in [2.05, 4.69) is 83.7 Å². The highest BCUT2D eigenvalue weighted by atomic mass is 32.2. The van der Waals surface area contributed by atoms with E-state index in [1.807, 2.05) is 36.5 Å². The van der Waals surface area contributed by atoms with Crippen molar-refractivity contribution in [2.24, 2.45) is 0 Å². The Balaban J connectivity index is 1.25. The predicted octanol–water partition coefficient (Wildman–Crippen LogP) is 8.88. The van der Waals surface area contributed by atoms with Gasteiger partial charge in [-0.05, 0) is 102 Å². The van der Waals surface area contributed by atoms with Crippen LogP contribution in [0.5, 0.6) is 5.75 Å². The third-order valence-corrected chi connectivity index (χ3v) is 8.78. The molecule has 0 aliphatic carbocycles. The highest BCUT2D eigenvalue weighted by molar-refractivity contribution is 7.98. The highest BCUT2D eigenvalue weighted by Crippen LogP contribution is 2.33. The molecule has 5 rings (SSSR count). The van der Waals surface area contributed by atoms with Crippen molar-refractivity contribution in [3.8, 4) is 16.9 Å². The van der Waals surface area contributed by atoms with E-state index in [1.54, 1.807) is 18.0 Å². The van der Waals surface area contributed by atoms with Gasteiger partial charge in [0.2, 0.25) is 0 Å². The lowest BCUT2D eigenvalue weighted by molar-refractivity contribution is -0.112. The van der Waals surface area contributed by atoms with Crippen molar-refractivity contribution >= 4 is 35.1 Å². The van der Waals surface area contributed by atoms with Crippen molar-refractivity contribution < 1.29 is 14.3 Å². The predicted molar refractivity (Wildman–Crippen MR) is 187 cm³/mol. The molecule has 0 fully saturated rings. The van der Waals surface area contributed by atoms with Crippen LogP contribution in [0, 0.1) is 0 Å². The molecule has 0 radical (unpaired) electrons. The molecule has 1 aliphatic rings. The van der Waals surface area contributed by atoms with Crippen LogP contribution in [0.4, 0.5) is 11.4 Å². The molecule has 0 atom stereocenters. The third kappa shape index (κ3) is 9.46. The summed E-state index contributed by atoms with van der Waals surface area (Å²) in [5.74, 6) is 1.63. The molecule has 7 heteroatoms. The van der Waals surface area contributed by atoms with E-state index in [9.17, 15) is 4.79 Å². The normalized spacial score (nSPS) is 12.7. The number of ether oxygens (including phenoxy) is 2. The number of carbonyl (C=O) groups excluding carboxylic acids is 1. The third-order valence-electron chi connectivity index (χ3n) is 7.70. The Morgan fingerprint density at radius 2 is 1.76 bits per heavy atom. The number of carbonyl (C=O) groups is 1. The number of aromatic nitrogens is 1. The fourth-order valence-corrected chi connectivity index (χ4v) is 6.09. The molecule has 1 N–H and O–H groups in total. The zero-order valence-electron chi connectivity index (χ0n) is 26.3. The second kappa shape index (κ2) is 16.8. The van der Waals surface area contributed by atoms with Gasteiger partial charge in [0.1, 0.15) is 12.4 Å². The van der Waals surface area contributed by atoms with Crippen LogP contribution in [0.25, 0.3) is 17.2 Å². The lowest BCUT2D eigenvalue weighted by Gasteiger charge is -2.25. The number of anilines is 2. The van der Waals surface area contributed by atoms with Crippen LogP contribution >= 0.6 is 11.8 Å². The highest BCUT2D eigenvalue weighted by Gasteiger charge is 2.20. The van der Waals surface area contributed by atoms with Crippen LogP contribution in [-0.2, 0) is 15.3 Å². The largest absolute Gasteiger partial charge is 0.491 e. The molecule has 0 spiro atoms. The van der Waals surface area contributed by atoms with Gasteiger partial charge in [-0.3, -0.25) is 9.78 Å². The molecule has 1 amide bonds. The van der Waals surface area contributed by atoms with Crippen LogP contribution in [0.2, 0.25) is 0 Å². The van der Waals surface area contributed by atoms with Gasteiger partial charge in [-0.25, -0.2) is 0 Å². The summed E-state index contributed by atoms with van der Waals surface area (Å²) in [4.78, 5) is 21.2. The minimum absolute atomic E-state index is 0.0550. The molecular weight excluding hydrogens is 579 g/mol. The van der Waals surface area contributed by atoms with E-state index in [-0.39, 0.29) is 5.91 Å². The van der Waals surface area contributed by atoms with Crippen LogP contribution < -0.4 is 15.0 Å². The first-order valence-electron chi connectivity index (χ1n) is 16.0. The molecule has 6 nitrogen and oxygen atoms in total. The maximum absolute atomic E-state index is 13.5. The van der Waals surface area contributed by atoms with Crippen molar-refractivity contribution in [1.82, 2.24) is 4.98 Å². The van der Waals surface area contributed by atoms with Gasteiger partial charge in [0.25, 0.3) is 5.91 Å². The van der Waals surface area contributed by atoms with Crippen LogP contribution in [0.3, 0.4) is 0 Å². The fourth-order valence-electron chi connectivity index (χ4n) is 5.26. The summed E-state index contributed by atoms with van der Waals surface area (Å²) in [6, 6.07) is 26.9. The number of pyridine rings is 1. The Morgan fingerprint density at radius 1 is 0.933 bits per heavy atom. The average Bonchev–Trinajstić information content (AvgIpc) is 3.26. The van der Waals surface area contributed by atoms with E-state index in [1.165, 1.54) is 11.3 Å². The molecule has 0 saturated carbocycles. The molecule has 1 aliphatic heterocycles. The topological polar surface area (TPSA) is 63.7 Å². The first-order chi connectivity index (χ1) is 22.1. The standard InChI is InChI=1S/C38H43N3O3S/c1-3-5-22-43-23-24-44-35-13-8-30(9-14-35)31-10-17-37-33(25-31)26-32(18-21-41(37)20-4-2)38(42)40-34-11-15-36(16-12-34)45-28-29-7-6-19-39-27-29/h6-17,19,25-27H,3-5,18,20-24,28H2,1-2H3,(H,40,42). The molecular formula is C38H43N3O3S. The molecule has 3 aromatic carbocycles. The van der Waals surface area contributed by atoms with Crippen LogP contribution in [-0.4, -0.2) is 43.8 Å². The first kappa shape index (κ1) is 32.3. The first-order valence-corrected chi connectivity index (χ1v) is 16.9. The minimum atomic E-state index is -0.0550. The van der Waals surface area contributed by atoms with Crippen molar-refractivity contribution in [2.45, 2.75) is 50.2 Å². The van der Waals surface area contributed by atoms with E-state index in [0.717, 1.165) is 83.3 Å². The van der Waals surface area contributed by atoms with Crippen LogP contribution in [0.15, 0.2) is 102 Å². The number of hydrogen-bond donors (Lipinski definition) is 1. The molecule has 4 aromatic rings. The average molecular weight is 622 g/mol. The van der Waals surface area contributed by atoms with Crippen molar-refractivity contribution in [3.05, 3.63) is 108 Å². The monoisotopic (exact) mass is 621 g/mol. The van der Waals surface area contributed by atoms with Gasteiger partial charge in [0.05, 0.1) is 6.61 Å². The number of hydrogen-bond acceptors (Lipinski definition) is 6. The number of thioether (sulfide) groups is 1. The van der Waals surface area contributed by atoms with Gasteiger partial charge in [-0.2, -0.15) is 0 Å². The molecule has 45 heavy (non-hydrogen) atoms. The number of nitrogens with zero attached hydrogens (tertiary/aromatic N) is 2. The van der Waals surface area contributed by atoms with Crippen LogP contribution in [0.1, 0.15) is 50.7 Å². The number of rotatable bonds is 15. The number of fused-ring (bicyclic) bond motifs is 1. The Kier molecular flexibility index (Phi) is 12.1. The molecule has 0 bridgehead atoms. The maximum atomic E-state index is 13.5. The van der Waals surface area contributed by atoms with E-state index < -0.39 is 0 Å². The second-order valence-corrected chi connectivity index (χ2v) is 12.2. The Labute approximate surface area is 271 Å². The summed E-state index contributed by atoms with van der Waals surface area (Å²) < 4.78 is 11.5. The van der Waals surface area contributed by atoms with E-state index >= 15 is 0 Å². The smallest absolute Gasteiger partial charge is 0.251 e. The van der Waals surface area contributed by atoms with Crippen molar-refractivity contribution in [3.63, 3.8) is 0 Å².